The largest absolute Gasteiger partial charge is 0.486 e. The molecule has 0 radical (unpaired) electrons. The Bertz CT molecular complexity index is 1290. The number of nitrogens with zero attached hydrogens (tertiary/aromatic N) is 2. The van der Waals surface area contributed by atoms with Crippen molar-refractivity contribution in [2.45, 2.75) is 13.0 Å². The Hall–Kier alpha value is -4.00. The number of pyridine rings is 2. The van der Waals surface area contributed by atoms with E-state index in [2.05, 4.69) is 4.98 Å². The first-order valence-corrected chi connectivity index (χ1v) is 9.26. The van der Waals surface area contributed by atoms with Gasteiger partial charge in [-0.15, -0.1) is 0 Å². The third kappa shape index (κ3) is 3.65. The molecule has 6 nitrogen and oxygen atoms in total. The molecule has 1 amide bonds. The van der Waals surface area contributed by atoms with Crippen molar-refractivity contribution in [1.29, 1.82) is 0 Å². The van der Waals surface area contributed by atoms with E-state index >= 15 is 0 Å². The number of hydrogen-bond acceptors (Lipinski definition) is 4. The Labute approximate surface area is 171 Å². The number of primary amides is 1. The molecule has 1 unspecified atom stereocenters. The lowest BCUT2D eigenvalue weighted by Crippen LogP contribution is -2.24. The predicted molar refractivity (Wildman–Crippen MR) is 111 cm³/mol. The Morgan fingerprint density at radius 3 is 2.60 bits per heavy atom. The van der Waals surface area contributed by atoms with Crippen LogP contribution >= 0.6 is 0 Å². The van der Waals surface area contributed by atoms with E-state index in [1.54, 1.807) is 47.3 Å². The molecule has 0 spiro atoms. The monoisotopic (exact) mass is 403 g/mol. The van der Waals surface area contributed by atoms with Crippen LogP contribution in [0.1, 0.15) is 28.9 Å². The molecule has 7 heteroatoms. The highest BCUT2D eigenvalue weighted by atomic mass is 19.1. The quantitative estimate of drug-likeness (QED) is 0.550. The summed E-state index contributed by atoms with van der Waals surface area (Å²) in [5, 5.41) is 0.270. The molecule has 0 saturated heterocycles. The van der Waals surface area contributed by atoms with E-state index < -0.39 is 11.3 Å². The van der Waals surface area contributed by atoms with Gasteiger partial charge in [0.05, 0.1) is 10.9 Å². The van der Waals surface area contributed by atoms with Gasteiger partial charge in [0, 0.05) is 29.8 Å². The van der Waals surface area contributed by atoms with Crippen molar-refractivity contribution < 1.29 is 13.9 Å². The minimum Gasteiger partial charge on any atom is -0.486 e. The van der Waals surface area contributed by atoms with Crippen LogP contribution in [-0.4, -0.2) is 15.5 Å². The number of halogens is 1. The zero-order valence-electron chi connectivity index (χ0n) is 16.1. The Balaban J connectivity index is 1.84. The maximum absolute atomic E-state index is 13.3. The van der Waals surface area contributed by atoms with E-state index in [9.17, 15) is 14.0 Å². The summed E-state index contributed by atoms with van der Waals surface area (Å²) in [5.41, 5.74) is 6.77. The molecule has 0 saturated carbocycles. The number of benzene rings is 2. The second-order valence-corrected chi connectivity index (χ2v) is 6.81. The van der Waals surface area contributed by atoms with Crippen LogP contribution in [0, 0.1) is 5.82 Å². The van der Waals surface area contributed by atoms with Crippen molar-refractivity contribution in [2.75, 3.05) is 0 Å². The van der Waals surface area contributed by atoms with E-state index in [1.807, 2.05) is 19.1 Å². The van der Waals surface area contributed by atoms with Crippen molar-refractivity contribution in [2.24, 2.45) is 5.73 Å². The number of aromatic nitrogens is 2. The molecule has 1 atom stereocenters. The van der Waals surface area contributed by atoms with Gasteiger partial charge in [-0.1, -0.05) is 6.07 Å². The summed E-state index contributed by atoms with van der Waals surface area (Å²) >= 11 is 0. The molecule has 0 aliphatic carbocycles. The van der Waals surface area contributed by atoms with Gasteiger partial charge in [0.2, 0.25) is 5.43 Å². The van der Waals surface area contributed by atoms with Gasteiger partial charge in [0.1, 0.15) is 23.2 Å². The standard InChI is InChI=1S/C23H18FN3O3/c1-14(15-3-2-10-26-12-15)30-18-8-9-21-19(11-18)22(28)20(23(25)29)13-27(21)17-6-4-16(24)5-7-17/h2-14H,1H3,(H2,25,29). The molecule has 0 fully saturated rings. The van der Waals surface area contributed by atoms with Crippen LogP contribution in [0.5, 0.6) is 5.75 Å². The van der Waals surface area contributed by atoms with E-state index in [4.69, 9.17) is 10.5 Å². The summed E-state index contributed by atoms with van der Waals surface area (Å²) in [7, 11) is 0. The van der Waals surface area contributed by atoms with Gasteiger partial charge in [-0.3, -0.25) is 14.6 Å². The van der Waals surface area contributed by atoms with Crippen molar-refractivity contribution in [1.82, 2.24) is 9.55 Å². The summed E-state index contributed by atoms with van der Waals surface area (Å²) in [6.07, 6.45) is 4.46. The zero-order valence-corrected chi connectivity index (χ0v) is 16.1. The van der Waals surface area contributed by atoms with Gasteiger partial charge in [-0.2, -0.15) is 0 Å². The van der Waals surface area contributed by atoms with Gasteiger partial charge in [0.25, 0.3) is 5.91 Å². The van der Waals surface area contributed by atoms with E-state index in [-0.39, 0.29) is 22.9 Å². The normalized spacial score (nSPS) is 11.9. The highest BCUT2D eigenvalue weighted by molar-refractivity contribution is 5.96. The number of nitrogens with two attached hydrogens (primary N) is 1. The van der Waals surface area contributed by atoms with E-state index in [0.29, 0.717) is 17.0 Å². The first-order chi connectivity index (χ1) is 14.4. The van der Waals surface area contributed by atoms with Gasteiger partial charge < -0.3 is 15.0 Å². The maximum Gasteiger partial charge on any atom is 0.254 e. The van der Waals surface area contributed by atoms with Crippen LogP contribution in [0.3, 0.4) is 0 Å². The third-order valence-corrected chi connectivity index (χ3v) is 4.81. The van der Waals surface area contributed by atoms with Gasteiger partial charge in [-0.25, -0.2) is 4.39 Å². The van der Waals surface area contributed by atoms with Crippen LogP contribution in [0.4, 0.5) is 4.39 Å². The zero-order chi connectivity index (χ0) is 21.3. The molecule has 2 heterocycles. The van der Waals surface area contributed by atoms with Crippen molar-refractivity contribution >= 4 is 16.8 Å². The molecule has 2 aromatic carbocycles. The number of rotatable bonds is 5. The minimum atomic E-state index is -0.840. The van der Waals surface area contributed by atoms with Crippen LogP contribution in [0.25, 0.3) is 16.6 Å². The van der Waals surface area contributed by atoms with Crippen molar-refractivity contribution in [3.05, 3.63) is 100 Å². The molecule has 30 heavy (non-hydrogen) atoms. The van der Waals surface area contributed by atoms with Crippen LogP contribution in [0.15, 0.2) is 78.0 Å². The van der Waals surface area contributed by atoms with Crippen LogP contribution in [0.2, 0.25) is 0 Å². The summed E-state index contributed by atoms with van der Waals surface area (Å²) in [6.45, 7) is 1.87. The average molecular weight is 403 g/mol. The highest BCUT2D eigenvalue weighted by Gasteiger charge is 2.16. The number of carbonyl (C=O) groups is 1. The first kappa shape index (κ1) is 19.3. The van der Waals surface area contributed by atoms with Crippen molar-refractivity contribution in [3.63, 3.8) is 0 Å². The lowest BCUT2D eigenvalue weighted by Gasteiger charge is -2.17. The smallest absolute Gasteiger partial charge is 0.254 e. The average Bonchev–Trinajstić information content (AvgIpc) is 2.75. The van der Waals surface area contributed by atoms with E-state index in [0.717, 1.165) is 5.56 Å². The number of amides is 1. The fourth-order valence-electron chi connectivity index (χ4n) is 3.26. The molecular formula is C23H18FN3O3. The predicted octanol–water partition coefficient (Wildman–Crippen LogP) is 3.76. The van der Waals surface area contributed by atoms with E-state index in [1.165, 1.54) is 18.3 Å². The summed E-state index contributed by atoms with van der Waals surface area (Å²) in [6, 6.07) is 14.5. The Morgan fingerprint density at radius 2 is 1.93 bits per heavy atom. The van der Waals surface area contributed by atoms with Crippen LogP contribution in [-0.2, 0) is 0 Å². The molecule has 2 aromatic heterocycles. The minimum absolute atomic E-state index is 0.163. The molecular weight excluding hydrogens is 385 g/mol. The summed E-state index contributed by atoms with van der Waals surface area (Å²) in [5.74, 6) is -0.768. The maximum atomic E-state index is 13.3. The topological polar surface area (TPSA) is 87.2 Å². The second kappa shape index (κ2) is 7.79. The lowest BCUT2D eigenvalue weighted by atomic mass is 10.1. The fraction of sp³-hybridized carbons (Fsp3) is 0.0870. The number of carbonyl (C=O) groups excluding carboxylic acids is 1. The molecule has 2 N–H and O–H groups in total. The Kier molecular flexibility index (Phi) is 5.02. The summed E-state index contributed by atoms with van der Waals surface area (Å²) in [4.78, 5) is 28.8. The highest BCUT2D eigenvalue weighted by Crippen LogP contribution is 2.26. The number of ether oxygens (including phenoxy) is 1. The fourth-order valence-corrected chi connectivity index (χ4v) is 3.26. The number of fused-ring (bicyclic) bond motifs is 1. The molecule has 4 rings (SSSR count). The number of hydrogen-bond donors (Lipinski definition) is 1. The Morgan fingerprint density at radius 1 is 1.17 bits per heavy atom. The summed E-state index contributed by atoms with van der Waals surface area (Å²) < 4.78 is 20.9. The third-order valence-electron chi connectivity index (χ3n) is 4.81. The molecule has 150 valence electrons. The van der Waals surface area contributed by atoms with Gasteiger partial charge >= 0.3 is 0 Å². The molecule has 4 aromatic rings. The van der Waals surface area contributed by atoms with Gasteiger partial charge in [0.15, 0.2) is 0 Å². The first-order valence-electron chi connectivity index (χ1n) is 9.26. The molecule has 0 aliphatic heterocycles. The van der Waals surface area contributed by atoms with Crippen molar-refractivity contribution in [3.8, 4) is 11.4 Å². The molecule has 0 aliphatic rings. The second-order valence-electron chi connectivity index (χ2n) is 6.81. The molecule has 0 bridgehead atoms. The lowest BCUT2D eigenvalue weighted by molar-refractivity contribution is 0.0999. The van der Waals surface area contributed by atoms with Gasteiger partial charge in [-0.05, 0) is 55.5 Å². The van der Waals surface area contributed by atoms with Crippen LogP contribution < -0.4 is 15.9 Å². The SMILES string of the molecule is CC(Oc1ccc2c(c1)c(=O)c(C(N)=O)cn2-c1ccc(F)cc1)c1cccnc1.